The van der Waals surface area contributed by atoms with Gasteiger partial charge >= 0.3 is 0 Å². The number of rotatable bonds is 4. The second-order valence-corrected chi connectivity index (χ2v) is 7.33. The van der Waals surface area contributed by atoms with Crippen LogP contribution in [0.5, 0.6) is 11.5 Å². The lowest BCUT2D eigenvalue weighted by atomic mass is 9.89. The molecule has 0 fully saturated rings. The van der Waals surface area contributed by atoms with Gasteiger partial charge in [0.15, 0.2) is 6.61 Å². The lowest BCUT2D eigenvalue weighted by Crippen LogP contribution is -2.42. The summed E-state index contributed by atoms with van der Waals surface area (Å²) in [5.41, 5.74) is 3.00. The van der Waals surface area contributed by atoms with Crippen LogP contribution in [0.1, 0.15) is 43.0 Å². The minimum Gasteiger partial charge on any atom is -0.487 e. The molecule has 0 saturated carbocycles. The Balaban J connectivity index is 1.67. The van der Waals surface area contributed by atoms with E-state index >= 15 is 0 Å². The van der Waals surface area contributed by atoms with Crippen LogP contribution in [0.2, 0.25) is 0 Å². The number of carbonyl (C=O) groups excluding carboxylic acids is 1. The van der Waals surface area contributed by atoms with E-state index in [1.54, 1.807) is 0 Å². The van der Waals surface area contributed by atoms with Gasteiger partial charge in [0.2, 0.25) is 0 Å². The normalized spacial score (nSPS) is 18.0. The number of aryl methyl sites for hydroxylation is 2. The number of carbonyl (C=O) groups is 1. The highest BCUT2D eigenvalue weighted by Crippen LogP contribution is 2.39. The molecule has 3 rings (SSSR count). The number of amides is 1. The molecule has 1 heterocycles. The first kappa shape index (κ1) is 17.3. The minimum atomic E-state index is -0.323. The maximum atomic E-state index is 12.4. The van der Waals surface area contributed by atoms with Crippen LogP contribution in [0, 0.1) is 13.8 Å². The predicted octanol–water partition coefficient (Wildman–Crippen LogP) is 4.10. The van der Waals surface area contributed by atoms with Crippen molar-refractivity contribution in [3.05, 3.63) is 59.2 Å². The summed E-state index contributed by atoms with van der Waals surface area (Å²) < 4.78 is 11.6. The average molecular weight is 339 g/mol. The molecular formula is C21H25NO3. The topological polar surface area (TPSA) is 47.6 Å². The van der Waals surface area contributed by atoms with E-state index in [4.69, 9.17) is 9.47 Å². The van der Waals surface area contributed by atoms with E-state index < -0.39 is 0 Å². The van der Waals surface area contributed by atoms with Crippen molar-refractivity contribution in [1.82, 2.24) is 5.32 Å². The van der Waals surface area contributed by atoms with E-state index in [0.717, 1.165) is 28.9 Å². The highest BCUT2D eigenvalue weighted by Gasteiger charge is 2.34. The second kappa shape index (κ2) is 6.79. The third-order valence-electron chi connectivity index (χ3n) is 4.35. The fourth-order valence-electron chi connectivity index (χ4n) is 3.11. The summed E-state index contributed by atoms with van der Waals surface area (Å²) in [5, 5.41) is 3.09. The Bertz CT molecular complexity index is 765. The van der Waals surface area contributed by atoms with Gasteiger partial charge in [0, 0.05) is 12.0 Å². The van der Waals surface area contributed by atoms with Crippen molar-refractivity contribution < 1.29 is 14.3 Å². The van der Waals surface area contributed by atoms with Gasteiger partial charge in [-0.2, -0.15) is 0 Å². The van der Waals surface area contributed by atoms with Gasteiger partial charge in [-0.15, -0.1) is 0 Å². The SMILES string of the molecule is Cc1ccc(OCC(=O)N[C@H]2CC(C)(C)Oc3cc(C)ccc32)cc1. The summed E-state index contributed by atoms with van der Waals surface area (Å²) in [6.45, 7) is 8.14. The zero-order chi connectivity index (χ0) is 18.0. The molecule has 1 amide bonds. The van der Waals surface area contributed by atoms with Gasteiger partial charge in [-0.1, -0.05) is 29.8 Å². The number of nitrogens with one attached hydrogen (secondary N) is 1. The zero-order valence-electron chi connectivity index (χ0n) is 15.3. The summed E-state index contributed by atoms with van der Waals surface area (Å²) >= 11 is 0. The van der Waals surface area contributed by atoms with E-state index in [0.29, 0.717) is 5.75 Å². The van der Waals surface area contributed by atoms with Gasteiger partial charge in [0.05, 0.1) is 6.04 Å². The van der Waals surface area contributed by atoms with Crippen LogP contribution in [0.25, 0.3) is 0 Å². The van der Waals surface area contributed by atoms with E-state index in [9.17, 15) is 4.79 Å². The lowest BCUT2D eigenvalue weighted by Gasteiger charge is -2.38. The molecule has 0 aromatic heterocycles. The zero-order valence-corrected chi connectivity index (χ0v) is 15.3. The molecule has 0 bridgehead atoms. The smallest absolute Gasteiger partial charge is 0.258 e. The molecule has 25 heavy (non-hydrogen) atoms. The quantitative estimate of drug-likeness (QED) is 0.912. The van der Waals surface area contributed by atoms with Crippen molar-refractivity contribution in [3.63, 3.8) is 0 Å². The summed E-state index contributed by atoms with van der Waals surface area (Å²) in [7, 11) is 0. The van der Waals surface area contributed by atoms with Gasteiger partial charge in [0.25, 0.3) is 5.91 Å². The Kier molecular flexibility index (Phi) is 4.71. The first-order valence-electron chi connectivity index (χ1n) is 8.61. The number of ether oxygens (including phenoxy) is 2. The fourth-order valence-corrected chi connectivity index (χ4v) is 3.11. The van der Waals surface area contributed by atoms with E-state index in [2.05, 4.69) is 5.32 Å². The second-order valence-electron chi connectivity index (χ2n) is 7.33. The maximum absolute atomic E-state index is 12.4. The van der Waals surface area contributed by atoms with Gasteiger partial charge in [-0.3, -0.25) is 4.79 Å². The molecule has 0 spiro atoms. The van der Waals surface area contributed by atoms with Crippen molar-refractivity contribution in [2.45, 2.75) is 45.8 Å². The number of hydrogen-bond donors (Lipinski definition) is 1. The van der Waals surface area contributed by atoms with Crippen LogP contribution in [0.15, 0.2) is 42.5 Å². The predicted molar refractivity (Wildman–Crippen MR) is 98.1 cm³/mol. The summed E-state index contributed by atoms with van der Waals surface area (Å²) in [6.07, 6.45) is 0.722. The molecular weight excluding hydrogens is 314 g/mol. The summed E-state index contributed by atoms with van der Waals surface area (Å²) in [5.74, 6) is 1.42. The molecule has 2 aromatic rings. The van der Waals surface area contributed by atoms with Crippen molar-refractivity contribution in [2.24, 2.45) is 0 Å². The van der Waals surface area contributed by atoms with Crippen molar-refractivity contribution in [2.75, 3.05) is 6.61 Å². The van der Waals surface area contributed by atoms with E-state index in [1.165, 1.54) is 0 Å². The molecule has 4 heteroatoms. The number of benzene rings is 2. The first-order valence-corrected chi connectivity index (χ1v) is 8.61. The maximum Gasteiger partial charge on any atom is 0.258 e. The lowest BCUT2D eigenvalue weighted by molar-refractivity contribution is -0.124. The van der Waals surface area contributed by atoms with Crippen LogP contribution in [0.3, 0.4) is 0 Å². The first-order chi connectivity index (χ1) is 11.8. The highest BCUT2D eigenvalue weighted by atomic mass is 16.5. The molecule has 0 saturated heterocycles. The van der Waals surface area contributed by atoms with Crippen molar-refractivity contribution >= 4 is 5.91 Å². The Morgan fingerprint density at radius 1 is 1.16 bits per heavy atom. The van der Waals surface area contributed by atoms with Crippen LogP contribution in [-0.2, 0) is 4.79 Å². The standard InChI is InChI=1S/C21H25NO3/c1-14-5-8-16(9-6-14)24-13-20(23)22-18-12-21(3,4)25-19-11-15(2)7-10-17(18)19/h5-11,18H,12-13H2,1-4H3,(H,22,23)/t18-/m0/s1. The van der Waals surface area contributed by atoms with Gasteiger partial charge < -0.3 is 14.8 Å². The van der Waals surface area contributed by atoms with Crippen molar-refractivity contribution in [3.8, 4) is 11.5 Å². The van der Waals surface area contributed by atoms with Crippen LogP contribution in [-0.4, -0.2) is 18.1 Å². The Labute approximate surface area is 149 Å². The van der Waals surface area contributed by atoms with Crippen molar-refractivity contribution in [1.29, 1.82) is 0 Å². The molecule has 1 N–H and O–H groups in total. The molecule has 2 aromatic carbocycles. The monoisotopic (exact) mass is 339 g/mol. The third kappa shape index (κ3) is 4.32. The number of fused-ring (bicyclic) bond motifs is 1. The average Bonchev–Trinajstić information content (AvgIpc) is 2.52. The highest BCUT2D eigenvalue weighted by molar-refractivity contribution is 5.78. The summed E-state index contributed by atoms with van der Waals surface area (Å²) in [4.78, 5) is 12.4. The Hall–Kier alpha value is -2.49. The van der Waals surface area contributed by atoms with Crippen LogP contribution < -0.4 is 14.8 Å². The Morgan fingerprint density at radius 2 is 1.84 bits per heavy atom. The third-order valence-corrected chi connectivity index (χ3v) is 4.35. The molecule has 1 atom stereocenters. The molecule has 0 aliphatic carbocycles. The Morgan fingerprint density at radius 3 is 2.56 bits per heavy atom. The largest absolute Gasteiger partial charge is 0.487 e. The molecule has 1 aliphatic rings. The fraction of sp³-hybridized carbons (Fsp3) is 0.381. The van der Waals surface area contributed by atoms with Gasteiger partial charge in [-0.25, -0.2) is 0 Å². The van der Waals surface area contributed by atoms with Crippen LogP contribution >= 0.6 is 0 Å². The molecule has 1 aliphatic heterocycles. The van der Waals surface area contributed by atoms with E-state index in [1.807, 2.05) is 70.2 Å². The minimum absolute atomic E-state index is 0.00203. The molecule has 4 nitrogen and oxygen atoms in total. The molecule has 0 radical (unpaired) electrons. The van der Waals surface area contributed by atoms with Crippen LogP contribution in [0.4, 0.5) is 0 Å². The van der Waals surface area contributed by atoms with E-state index in [-0.39, 0.29) is 24.2 Å². The van der Waals surface area contributed by atoms with Gasteiger partial charge in [-0.05, 0) is 51.5 Å². The number of hydrogen-bond acceptors (Lipinski definition) is 3. The molecule has 0 unspecified atom stereocenters. The molecule has 132 valence electrons. The van der Waals surface area contributed by atoms with Gasteiger partial charge in [0.1, 0.15) is 17.1 Å². The summed E-state index contributed by atoms with van der Waals surface area (Å²) in [6, 6.07) is 13.7.